The van der Waals surface area contributed by atoms with Gasteiger partial charge in [-0.1, -0.05) is 0 Å². The lowest BCUT2D eigenvalue weighted by atomic mass is 9.96. The average molecular weight is 219 g/mol. The Morgan fingerprint density at radius 1 is 1.25 bits per heavy atom. The zero-order valence-corrected chi connectivity index (χ0v) is 10.4. The van der Waals surface area contributed by atoms with Crippen molar-refractivity contribution < 1.29 is 9.53 Å². The molecule has 86 valence electrons. The summed E-state index contributed by atoms with van der Waals surface area (Å²) in [5.74, 6) is 0.682. The zero-order valence-electron chi connectivity index (χ0n) is 10.4. The summed E-state index contributed by atoms with van der Waals surface area (Å²) in [7, 11) is 12.8. The second kappa shape index (κ2) is 7.94. The van der Waals surface area contributed by atoms with Crippen molar-refractivity contribution in [3.63, 3.8) is 0 Å². The van der Waals surface area contributed by atoms with Crippen molar-refractivity contribution in [1.29, 1.82) is 0 Å². The number of ketones is 1. The van der Waals surface area contributed by atoms with E-state index in [4.69, 9.17) is 12.6 Å². The highest BCUT2D eigenvalue weighted by atomic mass is 16.5. The molecule has 0 amide bonds. The third-order valence-electron chi connectivity index (χ3n) is 1.60. The maximum Gasteiger partial charge on any atom is 0.154 e. The van der Waals surface area contributed by atoms with Crippen LogP contribution in [0.25, 0.3) is 0 Å². The SMILES string of the molecule is CN(C)C.[B]CC(=O)c1ccc(OC)cc1. The Hall–Kier alpha value is -1.29. The van der Waals surface area contributed by atoms with E-state index < -0.39 is 0 Å². The molecule has 0 aliphatic rings. The van der Waals surface area contributed by atoms with Gasteiger partial charge in [0.2, 0.25) is 0 Å². The maximum absolute atomic E-state index is 11.0. The van der Waals surface area contributed by atoms with Crippen LogP contribution in [0.4, 0.5) is 0 Å². The molecule has 1 aromatic rings. The van der Waals surface area contributed by atoms with Crippen LogP contribution < -0.4 is 4.74 Å². The van der Waals surface area contributed by atoms with Gasteiger partial charge in [-0.05, 0) is 51.7 Å². The molecular formula is C12H18BNO2. The van der Waals surface area contributed by atoms with Gasteiger partial charge >= 0.3 is 0 Å². The van der Waals surface area contributed by atoms with Crippen LogP contribution in [0.3, 0.4) is 0 Å². The number of hydrogen-bond donors (Lipinski definition) is 0. The molecule has 16 heavy (non-hydrogen) atoms. The van der Waals surface area contributed by atoms with E-state index in [1.807, 2.05) is 26.0 Å². The first kappa shape index (κ1) is 14.7. The van der Waals surface area contributed by atoms with Crippen molar-refractivity contribution in [1.82, 2.24) is 4.90 Å². The Morgan fingerprint density at radius 3 is 2.00 bits per heavy atom. The molecule has 0 aliphatic heterocycles. The van der Waals surface area contributed by atoms with Crippen molar-refractivity contribution in [2.45, 2.75) is 6.32 Å². The minimum atomic E-state index is -0.0577. The Morgan fingerprint density at radius 2 is 1.69 bits per heavy atom. The van der Waals surface area contributed by atoms with Crippen LogP contribution in [0.2, 0.25) is 6.32 Å². The predicted octanol–water partition coefficient (Wildman–Crippen LogP) is 1.64. The Labute approximate surface area is 98.8 Å². The van der Waals surface area contributed by atoms with E-state index in [0.717, 1.165) is 5.75 Å². The zero-order chi connectivity index (χ0) is 12.6. The monoisotopic (exact) mass is 219 g/mol. The van der Waals surface area contributed by atoms with Gasteiger partial charge in [-0.3, -0.25) is 4.79 Å². The fourth-order valence-electron chi connectivity index (χ4n) is 0.895. The third-order valence-corrected chi connectivity index (χ3v) is 1.60. The smallest absolute Gasteiger partial charge is 0.154 e. The van der Waals surface area contributed by atoms with Gasteiger partial charge in [-0.25, -0.2) is 0 Å². The second-order valence-corrected chi connectivity index (χ2v) is 3.70. The summed E-state index contributed by atoms with van der Waals surface area (Å²) in [6.45, 7) is 0. The molecule has 3 nitrogen and oxygen atoms in total. The first-order chi connectivity index (χ1) is 7.51. The first-order valence-electron chi connectivity index (χ1n) is 4.99. The molecule has 0 N–H and O–H groups in total. The van der Waals surface area contributed by atoms with Gasteiger partial charge in [-0.2, -0.15) is 0 Å². The van der Waals surface area contributed by atoms with Crippen LogP contribution in [-0.2, 0) is 0 Å². The van der Waals surface area contributed by atoms with Gasteiger partial charge in [0, 0.05) is 5.56 Å². The number of carbonyl (C=O) groups is 1. The largest absolute Gasteiger partial charge is 0.497 e. The van der Waals surface area contributed by atoms with E-state index in [9.17, 15) is 4.79 Å². The molecule has 0 atom stereocenters. The number of benzene rings is 1. The molecule has 0 saturated heterocycles. The van der Waals surface area contributed by atoms with Gasteiger partial charge in [0.25, 0.3) is 0 Å². The molecule has 0 bridgehead atoms. The summed E-state index contributed by atoms with van der Waals surface area (Å²) >= 11 is 0. The number of nitrogens with zero attached hydrogens (tertiary/aromatic N) is 1. The maximum atomic E-state index is 11.0. The van der Waals surface area contributed by atoms with Gasteiger partial charge in [0.05, 0.1) is 15.0 Å². The predicted molar refractivity (Wildman–Crippen MR) is 67.5 cm³/mol. The van der Waals surface area contributed by atoms with E-state index in [0.29, 0.717) is 5.56 Å². The van der Waals surface area contributed by atoms with Crippen LogP contribution in [0.15, 0.2) is 24.3 Å². The number of rotatable bonds is 3. The molecule has 0 fully saturated rings. The molecule has 0 unspecified atom stereocenters. The Balaban J connectivity index is 0.000000487. The van der Waals surface area contributed by atoms with Crippen molar-refractivity contribution >= 4 is 13.6 Å². The first-order valence-corrected chi connectivity index (χ1v) is 4.99. The fourth-order valence-corrected chi connectivity index (χ4v) is 0.895. The molecule has 0 aliphatic carbocycles. The molecule has 2 radical (unpaired) electrons. The second-order valence-electron chi connectivity index (χ2n) is 3.70. The lowest BCUT2D eigenvalue weighted by Crippen LogP contribution is -1.99. The number of carbonyl (C=O) groups excluding carboxylic acids is 1. The van der Waals surface area contributed by atoms with Crippen molar-refractivity contribution in [3.8, 4) is 5.75 Å². The minimum absolute atomic E-state index is 0.0479. The number of Topliss-reactive ketones (excluding diaryl/α,β-unsaturated/α-hetero) is 1. The van der Waals surface area contributed by atoms with Crippen molar-refractivity contribution in [3.05, 3.63) is 29.8 Å². The summed E-state index contributed by atoms with van der Waals surface area (Å²) in [6.07, 6.45) is 0.0479. The van der Waals surface area contributed by atoms with Crippen molar-refractivity contribution in [2.75, 3.05) is 28.3 Å². The molecule has 0 heterocycles. The van der Waals surface area contributed by atoms with Crippen LogP contribution >= 0.6 is 0 Å². The third kappa shape index (κ3) is 6.25. The minimum Gasteiger partial charge on any atom is -0.497 e. The van der Waals surface area contributed by atoms with Crippen LogP contribution in [0, 0.1) is 0 Å². The summed E-state index contributed by atoms with van der Waals surface area (Å²) in [6, 6.07) is 6.88. The van der Waals surface area contributed by atoms with Crippen LogP contribution in [0.5, 0.6) is 5.75 Å². The molecule has 1 aromatic carbocycles. The number of hydrogen-bond acceptors (Lipinski definition) is 3. The van der Waals surface area contributed by atoms with Crippen molar-refractivity contribution in [2.24, 2.45) is 0 Å². The highest BCUT2D eigenvalue weighted by Gasteiger charge is 2.01. The Kier molecular flexibility index (Phi) is 7.30. The lowest BCUT2D eigenvalue weighted by molar-refractivity contribution is 0.101. The van der Waals surface area contributed by atoms with E-state index in [1.165, 1.54) is 0 Å². The number of ether oxygens (including phenoxy) is 1. The van der Waals surface area contributed by atoms with E-state index in [-0.39, 0.29) is 12.1 Å². The summed E-state index contributed by atoms with van der Waals surface area (Å²) < 4.78 is 4.94. The molecule has 4 heteroatoms. The quantitative estimate of drug-likeness (QED) is 0.571. The molecule has 0 spiro atoms. The number of methoxy groups -OCH3 is 1. The lowest BCUT2D eigenvalue weighted by Gasteiger charge is -2.00. The highest BCUT2D eigenvalue weighted by Crippen LogP contribution is 2.12. The normalized spacial score (nSPS) is 9.31. The van der Waals surface area contributed by atoms with Gasteiger partial charge in [0.15, 0.2) is 5.78 Å². The fraction of sp³-hybridized carbons (Fsp3) is 0.417. The van der Waals surface area contributed by atoms with Crippen LogP contribution in [-0.4, -0.2) is 46.8 Å². The molecule has 1 rings (SSSR count). The van der Waals surface area contributed by atoms with Gasteiger partial charge in [-0.15, -0.1) is 0 Å². The van der Waals surface area contributed by atoms with E-state index in [2.05, 4.69) is 0 Å². The van der Waals surface area contributed by atoms with E-state index >= 15 is 0 Å². The summed E-state index contributed by atoms with van der Waals surface area (Å²) in [5.41, 5.74) is 0.623. The summed E-state index contributed by atoms with van der Waals surface area (Å²) in [5, 5.41) is 0. The standard InChI is InChI=1S/C9H9BO2.C3H9N/c1-12-8-4-2-7(3-5-8)9(11)6-10;1-4(2)3/h2-5H,6H2,1H3;1-3H3. The molecular weight excluding hydrogens is 201 g/mol. The molecule has 0 saturated carbocycles. The topological polar surface area (TPSA) is 29.5 Å². The average Bonchev–Trinajstić information content (AvgIpc) is 2.27. The Bertz CT molecular complexity index is 307. The summed E-state index contributed by atoms with van der Waals surface area (Å²) in [4.78, 5) is 13.0. The highest BCUT2D eigenvalue weighted by molar-refractivity contribution is 6.23. The molecule has 0 aromatic heterocycles. The van der Waals surface area contributed by atoms with Gasteiger partial charge in [0.1, 0.15) is 5.75 Å². The van der Waals surface area contributed by atoms with Gasteiger partial charge < -0.3 is 9.64 Å². The van der Waals surface area contributed by atoms with Crippen LogP contribution in [0.1, 0.15) is 10.4 Å². The van der Waals surface area contributed by atoms with E-state index in [1.54, 1.807) is 31.4 Å².